The second-order valence-corrected chi connectivity index (χ2v) is 6.44. The summed E-state index contributed by atoms with van der Waals surface area (Å²) >= 11 is 9.79. The van der Waals surface area contributed by atoms with Crippen molar-refractivity contribution in [3.05, 3.63) is 63.3 Å². The molecule has 0 saturated carbocycles. The first kappa shape index (κ1) is 16.5. The van der Waals surface area contributed by atoms with Crippen molar-refractivity contribution in [3.8, 4) is 0 Å². The molecular weight excluding hydrogens is 348 g/mol. The summed E-state index contributed by atoms with van der Waals surface area (Å²) in [6.45, 7) is 3.18. The van der Waals surface area contributed by atoms with Gasteiger partial charge in [0.2, 0.25) is 0 Å². The summed E-state index contributed by atoms with van der Waals surface area (Å²) in [6.07, 6.45) is 4.78. The van der Waals surface area contributed by atoms with Crippen molar-refractivity contribution in [3.63, 3.8) is 0 Å². The van der Waals surface area contributed by atoms with E-state index in [0.29, 0.717) is 6.04 Å². The van der Waals surface area contributed by atoms with Crippen LogP contribution in [-0.4, -0.2) is 17.6 Å². The average Bonchev–Trinajstić information content (AvgIpc) is 2.48. The third kappa shape index (κ3) is 5.42. The zero-order valence-electron chi connectivity index (χ0n) is 12.2. The molecular formula is C17H20BrClN2. The number of hydrogen-bond donors (Lipinski definition) is 1. The van der Waals surface area contributed by atoms with E-state index in [2.05, 4.69) is 45.3 Å². The highest BCUT2D eigenvalue weighted by Gasteiger charge is 2.12. The van der Waals surface area contributed by atoms with E-state index in [1.165, 1.54) is 5.56 Å². The maximum Gasteiger partial charge on any atom is 0.0449 e. The molecule has 2 nitrogen and oxygen atoms in total. The summed E-state index contributed by atoms with van der Waals surface area (Å²) in [5, 5.41) is 4.41. The van der Waals surface area contributed by atoms with Crippen LogP contribution in [0.5, 0.6) is 0 Å². The van der Waals surface area contributed by atoms with Crippen LogP contribution in [0.4, 0.5) is 0 Å². The molecule has 4 heteroatoms. The molecule has 21 heavy (non-hydrogen) atoms. The molecule has 1 heterocycles. The van der Waals surface area contributed by atoms with Gasteiger partial charge in [0.25, 0.3) is 0 Å². The number of pyridine rings is 1. The molecule has 0 amide bonds. The average molecular weight is 368 g/mol. The van der Waals surface area contributed by atoms with E-state index in [0.717, 1.165) is 41.0 Å². The molecule has 1 atom stereocenters. The van der Waals surface area contributed by atoms with Crippen LogP contribution in [0.2, 0.25) is 5.02 Å². The Morgan fingerprint density at radius 3 is 2.76 bits per heavy atom. The van der Waals surface area contributed by atoms with Crippen molar-refractivity contribution >= 4 is 27.5 Å². The molecule has 0 fully saturated rings. The Balaban J connectivity index is 2.08. The number of nitrogens with zero attached hydrogens (tertiary/aromatic N) is 1. The van der Waals surface area contributed by atoms with Gasteiger partial charge in [0.15, 0.2) is 0 Å². The SMILES string of the molecule is CCCNC(Cc1ccccn1)Cc1ccc(Br)cc1Cl. The largest absolute Gasteiger partial charge is 0.313 e. The third-order valence-corrected chi connectivity index (χ3v) is 4.19. The fraction of sp³-hybridized carbons (Fsp3) is 0.353. The summed E-state index contributed by atoms with van der Waals surface area (Å²) < 4.78 is 1.01. The van der Waals surface area contributed by atoms with Gasteiger partial charge in [-0.1, -0.05) is 46.6 Å². The summed E-state index contributed by atoms with van der Waals surface area (Å²) in [7, 11) is 0. The van der Waals surface area contributed by atoms with E-state index in [1.807, 2.05) is 30.5 Å². The Bertz CT molecular complexity index is 560. The zero-order valence-corrected chi connectivity index (χ0v) is 14.5. The lowest BCUT2D eigenvalue weighted by atomic mass is 10.0. The van der Waals surface area contributed by atoms with Gasteiger partial charge in [-0.25, -0.2) is 0 Å². The van der Waals surface area contributed by atoms with Gasteiger partial charge in [0, 0.05) is 33.8 Å². The van der Waals surface area contributed by atoms with Gasteiger partial charge >= 0.3 is 0 Å². The van der Waals surface area contributed by atoms with Crippen molar-refractivity contribution in [2.24, 2.45) is 0 Å². The number of aromatic nitrogens is 1. The van der Waals surface area contributed by atoms with Crippen molar-refractivity contribution < 1.29 is 0 Å². The molecule has 1 unspecified atom stereocenters. The van der Waals surface area contributed by atoms with Crippen molar-refractivity contribution in [1.82, 2.24) is 10.3 Å². The second kappa shape index (κ2) is 8.52. The highest BCUT2D eigenvalue weighted by atomic mass is 79.9. The second-order valence-electron chi connectivity index (χ2n) is 5.12. The van der Waals surface area contributed by atoms with E-state index in [9.17, 15) is 0 Å². The Kier molecular flexibility index (Phi) is 6.68. The lowest BCUT2D eigenvalue weighted by Crippen LogP contribution is -2.34. The van der Waals surface area contributed by atoms with Gasteiger partial charge < -0.3 is 5.32 Å². The van der Waals surface area contributed by atoms with E-state index in [-0.39, 0.29) is 0 Å². The Morgan fingerprint density at radius 1 is 1.24 bits per heavy atom. The molecule has 0 aliphatic heterocycles. The van der Waals surface area contributed by atoms with E-state index in [4.69, 9.17) is 11.6 Å². The molecule has 0 saturated heterocycles. The first-order valence-corrected chi connectivity index (χ1v) is 8.43. The normalized spacial score (nSPS) is 12.3. The topological polar surface area (TPSA) is 24.9 Å². The van der Waals surface area contributed by atoms with E-state index < -0.39 is 0 Å². The summed E-state index contributed by atoms with van der Waals surface area (Å²) in [6, 6.07) is 12.5. The van der Waals surface area contributed by atoms with Gasteiger partial charge in [-0.15, -0.1) is 0 Å². The van der Waals surface area contributed by atoms with Crippen molar-refractivity contribution in [2.45, 2.75) is 32.2 Å². The quantitative estimate of drug-likeness (QED) is 0.770. The monoisotopic (exact) mass is 366 g/mol. The Hall–Kier alpha value is -0.900. The van der Waals surface area contributed by atoms with E-state index >= 15 is 0 Å². The highest BCUT2D eigenvalue weighted by Crippen LogP contribution is 2.23. The number of benzene rings is 1. The molecule has 0 spiro atoms. The molecule has 0 aliphatic rings. The van der Waals surface area contributed by atoms with Crippen LogP contribution < -0.4 is 5.32 Å². The smallest absolute Gasteiger partial charge is 0.0449 e. The Labute approximate surface area is 140 Å². The first-order chi connectivity index (χ1) is 10.2. The molecule has 1 N–H and O–H groups in total. The lowest BCUT2D eigenvalue weighted by Gasteiger charge is -2.19. The zero-order chi connectivity index (χ0) is 15.1. The Morgan fingerprint density at radius 2 is 2.10 bits per heavy atom. The standard InChI is InChI=1S/C17H20BrClN2/c1-2-8-20-16(12-15-5-3-4-9-21-15)10-13-6-7-14(18)11-17(13)19/h3-7,9,11,16,20H,2,8,10,12H2,1H3. The summed E-state index contributed by atoms with van der Waals surface area (Å²) in [4.78, 5) is 4.42. The van der Waals surface area contributed by atoms with Crippen LogP contribution in [0, 0.1) is 0 Å². The maximum atomic E-state index is 6.34. The molecule has 2 aromatic rings. The van der Waals surface area contributed by atoms with Gasteiger partial charge in [-0.2, -0.15) is 0 Å². The number of nitrogens with one attached hydrogen (secondary N) is 1. The lowest BCUT2D eigenvalue weighted by molar-refractivity contribution is 0.500. The van der Waals surface area contributed by atoms with Crippen molar-refractivity contribution in [2.75, 3.05) is 6.54 Å². The summed E-state index contributed by atoms with van der Waals surface area (Å²) in [5.41, 5.74) is 2.28. The number of rotatable bonds is 7. The minimum absolute atomic E-state index is 0.346. The molecule has 0 radical (unpaired) electrons. The third-order valence-electron chi connectivity index (χ3n) is 3.35. The summed E-state index contributed by atoms with van der Waals surface area (Å²) in [5.74, 6) is 0. The van der Waals surface area contributed by atoms with Crippen LogP contribution >= 0.6 is 27.5 Å². The van der Waals surface area contributed by atoms with Crippen molar-refractivity contribution in [1.29, 1.82) is 0 Å². The fourth-order valence-electron chi connectivity index (χ4n) is 2.29. The molecule has 1 aromatic heterocycles. The van der Waals surface area contributed by atoms with Gasteiger partial charge in [-0.05, 0) is 49.2 Å². The minimum Gasteiger partial charge on any atom is -0.313 e. The van der Waals surface area contributed by atoms with Crippen LogP contribution in [-0.2, 0) is 12.8 Å². The van der Waals surface area contributed by atoms with Gasteiger partial charge in [0.1, 0.15) is 0 Å². The van der Waals surface area contributed by atoms with E-state index in [1.54, 1.807) is 0 Å². The number of halogens is 2. The predicted octanol–water partition coefficient (Wildman–Crippen LogP) is 4.65. The fourth-order valence-corrected chi connectivity index (χ4v) is 3.04. The van der Waals surface area contributed by atoms with Crippen LogP contribution in [0.3, 0.4) is 0 Å². The van der Waals surface area contributed by atoms with Gasteiger partial charge in [-0.3, -0.25) is 4.98 Å². The minimum atomic E-state index is 0.346. The van der Waals surface area contributed by atoms with Crippen LogP contribution in [0.15, 0.2) is 47.1 Å². The predicted molar refractivity (Wildman–Crippen MR) is 92.9 cm³/mol. The maximum absolute atomic E-state index is 6.34. The number of hydrogen-bond acceptors (Lipinski definition) is 2. The molecule has 0 bridgehead atoms. The highest BCUT2D eigenvalue weighted by molar-refractivity contribution is 9.10. The van der Waals surface area contributed by atoms with Gasteiger partial charge in [0.05, 0.1) is 0 Å². The molecule has 112 valence electrons. The molecule has 1 aromatic carbocycles. The van der Waals surface area contributed by atoms with Crippen LogP contribution in [0.25, 0.3) is 0 Å². The van der Waals surface area contributed by atoms with Crippen LogP contribution in [0.1, 0.15) is 24.6 Å². The molecule has 2 rings (SSSR count). The molecule has 0 aliphatic carbocycles. The first-order valence-electron chi connectivity index (χ1n) is 7.26.